The average molecular weight is 1120 g/mol. The van der Waals surface area contributed by atoms with Crippen LogP contribution in [0.4, 0.5) is 0 Å². The Hall–Kier alpha value is -2.89. The first-order chi connectivity index (χ1) is 39.5. The first-order valence-corrected chi connectivity index (χ1v) is 35.3. The Morgan fingerprint density at radius 2 is 0.487 bits per heavy atom. The largest absolute Gasteiger partial charge is 0.462 e. The van der Waals surface area contributed by atoms with Gasteiger partial charge >= 0.3 is 17.9 Å². The molecular weight excluding hydrogens is 985 g/mol. The number of allylic oxidation sites excluding steroid dienone is 10. The van der Waals surface area contributed by atoms with E-state index in [0.29, 0.717) is 19.3 Å². The molecule has 0 amide bonds. The Bertz CT molecular complexity index is 1430. The monoisotopic (exact) mass is 1120 g/mol. The fourth-order valence-electron chi connectivity index (χ4n) is 10.5. The molecule has 466 valence electrons. The van der Waals surface area contributed by atoms with Gasteiger partial charge in [0.1, 0.15) is 13.2 Å². The van der Waals surface area contributed by atoms with Crippen LogP contribution in [0.3, 0.4) is 0 Å². The first kappa shape index (κ1) is 77.1. The number of carbonyl (C=O) groups is 3. The second kappa shape index (κ2) is 68.6. The molecule has 0 bridgehead atoms. The minimum atomic E-state index is -0.772. The second-order valence-corrected chi connectivity index (χ2v) is 23.8. The van der Waals surface area contributed by atoms with Gasteiger partial charge in [0.05, 0.1) is 0 Å². The van der Waals surface area contributed by atoms with Crippen molar-refractivity contribution < 1.29 is 28.6 Å². The van der Waals surface area contributed by atoms with Gasteiger partial charge in [-0.15, -0.1) is 0 Å². The maximum Gasteiger partial charge on any atom is 0.306 e. The molecule has 0 aromatic heterocycles. The van der Waals surface area contributed by atoms with Gasteiger partial charge in [-0.05, 0) is 64.2 Å². The summed E-state index contributed by atoms with van der Waals surface area (Å²) in [5.74, 6) is -0.846. The van der Waals surface area contributed by atoms with Crippen molar-refractivity contribution in [1.29, 1.82) is 0 Å². The molecule has 1 atom stereocenters. The second-order valence-electron chi connectivity index (χ2n) is 23.8. The summed E-state index contributed by atoms with van der Waals surface area (Å²) in [6, 6.07) is 0. The fourth-order valence-corrected chi connectivity index (χ4v) is 10.5. The van der Waals surface area contributed by atoms with E-state index in [2.05, 4.69) is 81.5 Å². The average Bonchev–Trinajstić information content (AvgIpc) is 3.46. The minimum absolute atomic E-state index is 0.0688. The highest BCUT2D eigenvalue weighted by Gasteiger charge is 2.19. The van der Waals surface area contributed by atoms with Crippen molar-refractivity contribution in [2.45, 2.75) is 380 Å². The quantitative estimate of drug-likeness (QED) is 0.0261. The summed E-state index contributed by atoms with van der Waals surface area (Å²) in [5.41, 5.74) is 0. The maximum atomic E-state index is 12.9. The topological polar surface area (TPSA) is 78.9 Å². The third-order valence-electron chi connectivity index (χ3n) is 15.8. The van der Waals surface area contributed by atoms with Crippen LogP contribution < -0.4 is 0 Å². The zero-order valence-electron chi connectivity index (χ0n) is 53.6. The highest BCUT2D eigenvalue weighted by molar-refractivity contribution is 5.71. The van der Waals surface area contributed by atoms with Crippen molar-refractivity contribution in [1.82, 2.24) is 0 Å². The van der Waals surface area contributed by atoms with E-state index < -0.39 is 6.10 Å². The van der Waals surface area contributed by atoms with Crippen molar-refractivity contribution in [3.8, 4) is 0 Å². The van der Waals surface area contributed by atoms with E-state index >= 15 is 0 Å². The van der Waals surface area contributed by atoms with Crippen LogP contribution in [-0.4, -0.2) is 37.2 Å². The molecule has 0 saturated carbocycles. The lowest BCUT2D eigenvalue weighted by Crippen LogP contribution is -2.30. The summed E-state index contributed by atoms with van der Waals surface area (Å²) in [4.78, 5) is 38.4. The van der Waals surface area contributed by atoms with Crippen molar-refractivity contribution >= 4 is 17.9 Å². The van der Waals surface area contributed by atoms with Crippen LogP contribution in [0.1, 0.15) is 374 Å². The lowest BCUT2D eigenvalue weighted by molar-refractivity contribution is -0.167. The van der Waals surface area contributed by atoms with Crippen LogP contribution in [0, 0.1) is 0 Å². The number of hydrogen-bond donors (Lipinski definition) is 0. The normalized spacial score (nSPS) is 12.4. The van der Waals surface area contributed by atoms with Crippen LogP contribution in [-0.2, 0) is 28.6 Å². The summed E-state index contributed by atoms with van der Waals surface area (Å²) >= 11 is 0. The first-order valence-electron chi connectivity index (χ1n) is 35.3. The lowest BCUT2D eigenvalue weighted by atomic mass is 10.0. The molecule has 0 saturated heterocycles. The summed E-state index contributed by atoms with van der Waals surface area (Å²) in [6.45, 7) is 6.59. The standard InChI is InChI=1S/C74H134O6/c1-4-7-10-13-16-19-22-25-27-29-31-33-35-36-37-38-40-41-43-45-47-49-52-55-58-61-64-67-73(76)79-70-71(69-78-72(75)66-63-60-57-54-51-24-21-18-15-12-9-6-3)80-74(77)68-65-62-59-56-53-50-48-46-44-42-39-34-32-30-28-26-23-20-17-14-11-8-5-2/h7,10,16,19,25,27,31,33,36-37,71H,4-6,8-9,11-15,17-18,20-24,26,28-30,32,34-35,38-70H2,1-3H3/b10-7-,19-16-,27-25-,33-31-,37-36-. The Labute approximate surface area is 498 Å². The van der Waals surface area contributed by atoms with Crippen molar-refractivity contribution in [2.75, 3.05) is 13.2 Å². The van der Waals surface area contributed by atoms with Crippen LogP contribution >= 0.6 is 0 Å². The van der Waals surface area contributed by atoms with E-state index in [9.17, 15) is 14.4 Å². The molecule has 80 heavy (non-hydrogen) atoms. The third kappa shape index (κ3) is 65.9. The highest BCUT2D eigenvalue weighted by atomic mass is 16.6. The van der Waals surface area contributed by atoms with Gasteiger partial charge < -0.3 is 14.2 Å². The summed E-state index contributed by atoms with van der Waals surface area (Å²) in [5, 5.41) is 0. The maximum absolute atomic E-state index is 12.9. The molecule has 0 radical (unpaired) electrons. The zero-order chi connectivity index (χ0) is 57.8. The minimum Gasteiger partial charge on any atom is -0.462 e. The smallest absolute Gasteiger partial charge is 0.306 e. The molecule has 0 aromatic rings. The molecule has 6 heteroatoms. The molecule has 1 unspecified atom stereocenters. The predicted molar refractivity (Wildman–Crippen MR) is 348 cm³/mol. The Kier molecular flexibility index (Phi) is 66.1. The number of unbranched alkanes of at least 4 members (excludes halogenated alkanes) is 44. The van der Waals surface area contributed by atoms with Crippen molar-refractivity contribution in [3.05, 3.63) is 60.8 Å². The fraction of sp³-hybridized carbons (Fsp3) is 0.824. The molecule has 0 aliphatic heterocycles. The van der Waals surface area contributed by atoms with E-state index in [1.165, 1.54) is 244 Å². The zero-order valence-corrected chi connectivity index (χ0v) is 53.6. The predicted octanol–water partition coefficient (Wildman–Crippen LogP) is 24.3. The molecule has 0 aliphatic rings. The molecule has 0 aromatic carbocycles. The molecule has 6 nitrogen and oxygen atoms in total. The highest BCUT2D eigenvalue weighted by Crippen LogP contribution is 2.18. The van der Waals surface area contributed by atoms with Crippen molar-refractivity contribution in [3.63, 3.8) is 0 Å². The number of ether oxygens (including phenoxy) is 3. The van der Waals surface area contributed by atoms with Crippen LogP contribution in [0.15, 0.2) is 60.8 Å². The number of rotatable bonds is 65. The molecule has 0 heterocycles. The van der Waals surface area contributed by atoms with Gasteiger partial charge in [-0.25, -0.2) is 0 Å². The van der Waals surface area contributed by atoms with E-state index in [1.54, 1.807) is 0 Å². The van der Waals surface area contributed by atoms with Gasteiger partial charge in [0.2, 0.25) is 0 Å². The molecule has 0 spiro atoms. The molecular formula is C74H134O6. The number of hydrogen-bond acceptors (Lipinski definition) is 6. The van der Waals surface area contributed by atoms with Gasteiger partial charge in [-0.3, -0.25) is 14.4 Å². The summed E-state index contributed by atoms with van der Waals surface area (Å²) in [6.07, 6.45) is 88.2. The summed E-state index contributed by atoms with van der Waals surface area (Å²) < 4.78 is 17.0. The van der Waals surface area contributed by atoms with Gasteiger partial charge in [0, 0.05) is 19.3 Å². The molecule has 0 aliphatic carbocycles. The van der Waals surface area contributed by atoms with E-state index in [-0.39, 0.29) is 31.1 Å². The Morgan fingerprint density at radius 3 is 0.762 bits per heavy atom. The van der Waals surface area contributed by atoms with E-state index in [4.69, 9.17) is 14.2 Å². The molecule has 0 rings (SSSR count). The van der Waals surface area contributed by atoms with Gasteiger partial charge in [-0.1, -0.05) is 351 Å². The van der Waals surface area contributed by atoms with Gasteiger partial charge in [-0.2, -0.15) is 0 Å². The lowest BCUT2D eigenvalue weighted by Gasteiger charge is -2.18. The van der Waals surface area contributed by atoms with E-state index in [1.807, 2.05) is 0 Å². The molecule has 0 N–H and O–H groups in total. The third-order valence-corrected chi connectivity index (χ3v) is 15.8. The van der Waals surface area contributed by atoms with E-state index in [0.717, 1.165) is 89.9 Å². The van der Waals surface area contributed by atoms with Crippen LogP contribution in [0.5, 0.6) is 0 Å². The van der Waals surface area contributed by atoms with Gasteiger partial charge in [0.15, 0.2) is 6.10 Å². The Morgan fingerprint density at radius 1 is 0.263 bits per heavy atom. The number of carbonyl (C=O) groups excluding carboxylic acids is 3. The van der Waals surface area contributed by atoms with Crippen molar-refractivity contribution in [2.24, 2.45) is 0 Å². The van der Waals surface area contributed by atoms with Gasteiger partial charge in [0.25, 0.3) is 0 Å². The Balaban J connectivity index is 4.22. The van der Waals surface area contributed by atoms with Crippen LogP contribution in [0.25, 0.3) is 0 Å². The van der Waals surface area contributed by atoms with Crippen LogP contribution in [0.2, 0.25) is 0 Å². The molecule has 0 fully saturated rings. The number of esters is 3. The summed E-state index contributed by atoms with van der Waals surface area (Å²) in [7, 11) is 0. The SMILES string of the molecule is CC/C=C\C/C=C\C/C=C\C/C=C\C/C=C\CCCCCCCCCCCCCC(=O)OCC(COC(=O)CCCCCCCCCCCCCC)OC(=O)CCCCCCCCCCCCCCCCCCCCCCCCC.